The second kappa shape index (κ2) is 9.65. The van der Waals surface area contributed by atoms with Gasteiger partial charge in [0.15, 0.2) is 0 Å². The van der Waals surface area contributed by atoms with Gasteiger partial charge >= 0.3 is 0 Å². The summed E-state index contributed by atoms with van der Waals surface area (Å²) < 4.78 is 0. The summed E-state index contributed by atoms with van der Waals surface area (Å²) in [6, 6.07) is 23.6. The van der Waals surface area contributed by atoms with Gasteiger partial charge in [-0.2, -0.15) is 0 Å². The van der Waals surface area contributed by atoms with Gasteiger partial charge in [-0.1, -0.05) is 94.3 Å². The summed E-state index contributed by atoms with van der Waals surface area (Å²) in [5.41, 5.74) is 12.0. The van der Waals surface area contributed by atoms with Crippen LogP contribution in [0.15, 0.2) is 60.7 Å². The molecule has 3 aromatic carbocycles. The Morgan fingerprint density at radius 2 is 1.47 bits per heavy atom. The van der Waals surface area contributed by atoms with E-state index in [2.05, 4.69) is 81.4 Å². The number of rotatable bonds is 7. The maximum Gasteiger partial charge on any atom is -0.00778 e. The molecule has 0 aromatic heterocycles. The molecular weight excluding hydrogens is 360 g/mol. The highest BCUT2D eigenvalue weighted by atomic mass is 14.3. The van der Waals surface area contributed by atoms with Crippen LogP contribution in [0, 0.1) is 0 Å². The van der Waals surface area contributed by atoms with E-state index < -0.39 is 0 Å². The SMILES string of the molecule is CCCCCc1ccc2c(c1)CC(c1cc(CC)ccc1CC)Cc1ccccc1-2. The van der Waals surface area contributed by atoms with Crippen LogP contribution in [-0.4, -0.2) is 0 Å². The largest absolute Gasteiger partial charge is 0.0654 e. The molecule has 1 aliphatic carbocycles. The number of hydrogen-bond donors (Lipinski definition) is 0. The molecule has 0 nitrogen and oxygen atoms in total. The highest BCUT2D eigenvalue weighted by Gasteiger charge is 2.24. The molecule has 156 valence electrons. The zero-order chi connectivity index (χ0) is 20.9. The van der Waals surface area contributed by atoms with Crippen LogP contribution in [0.1, 0.15) is 79.3 Å². The van der Waals surface area contributed by atoms with Gasteiger partial charge in [-0.3, -0.25) is 0 Å². The van der Waals surface area contributed by atoms with E-state index >= 15 is 0 Å². The Balaban J connectivity index is 1.78. The van der Waals surface area contributed by atoms with Crippen molar-refractivity contribution in [2.24, 2.45) is 0 Å². The summed E-state index contributed by atoms with van der Waals surface area (Å²) in [5.74, 6) is 0.555. The van der Waals surface area contributed by atoms with Crippen LogP contribution in [0.5, 0.6) is 0 Å². The molecule has 30 heavy (non-hydrogen) atoms. The van der Waals surface area contributed by atoms with Gasteiger partial charge in [0, 0.05) is 0 Å². The molecule has 0 aliphatic heterocycles. The summed E-state index contributed by atoms with van der Waals surface area (Å²) in [5, 5.41) is 0. The predicted molar refractivity (Wildman–Crippen MR) is 130 cm³/mol. The minimum atomic E-state index is 0.555. The summed E-state index contributed by atoms with van der Waals surface area (Å²) in [6.07, 6.45) is 9.62. The van der Waals surface area contributed by atoms with Crippen LogP contribution in [0.25, 0.3) is 11.1 Å². The molecular formula is C30H36. The zero-order valence-corrected chi connectivity index (χ0v) is 19.0. The second-order valence-corrected chi connectivity index (χ2v) is 8.95. The van der Waals surface area contributed by atoms with E-state index in [9.17, 15) is 0 Å². The first-order chi connectivity index (χ1) is 14.7. The van der Waals surface area contributed by atoms with Gasteiger partial charge in [0.2, 0.25) is 0 Å². The molecule has 0 heteroatoms. The number of benzene rings is 3. The standard InChI is InChI=1S/C30H36/c1-4-7-8-11-23-15-17-29-26(18-23)21-27(20-25-12-9-10-13-28(25)29)30-19-22(5-2)14-16-24(30)6-3/h9-10,12-19,27H,4-8,11,20-21H2,1-3H3. The molecule has 0 heterocycles. The van der Waals surface area contributed by atoms with Crippen molar-refractivity contribution in [2.45, 2.75) is 78.1 Å². The van der Waals surface area contributed by atoms with Gasteiger partial charge in [0.05, 0.1) is 0 Å². The normalized spacial score (nSPS) is 15.4. The topological polar surface area (TPSA) is 0 Å². The lowest BCUT2D eigenvalue weighted by Gasteiger charge is -2.21. The number of unbranched alkanes of at least 4 members (excludes halogenated alkanes) is 2. The maximum atomic E-state index is 2.52. The Labute approximate surface area is 183 Å². The van der Waals surface area contributed by atoms with Crippen LogP contribution in [0.2, 0.25) is 0 Å². The molecule has 0 N–H and O–H groups in total. The van der Waals surface area contributed by atoms with E-state index in [-0.39, 0.29) is 0 Å². The van der Waals surface area contributed by atoms with Crippen molar-refractivity contribution in [1.82, 2.24) is 0 Å². The van der Waals surface area contributed by atoms with Gasteiger partial charge in [-0.25, -0.2) is 0 Å². The molecule has 0 saturated heterocycles. The third kappa shape index (κ3) is 4.38. The lowest BCUT2D eigenvalue weighted by atomic mass is 9.84. The first kappa shape index (κ1) is 20.9. The zero-order valence-electron chi connectivity index (χ0n) is 19.0. The first-order valence-corrected chi connectivity index (χ1v) is 12.0. The number of aryl methyl sites for hydroxylation is 3. The fraction of sp³-hybridized carbons (Fsp3) is 0.400. The highest BCUT2D eigenvalue weighted by molar-refractivity contribution is 5.72. The van der Waals surface area contributed by atoms with E-state index in [1.54, 1.807) is 11.1 Å². The molecule has 0 spiro atoms. The smallest absolute Gasteiger partial charge is 0.00778 e. The van der Waals surface area contributed by atoms with E-state index in [1.807, 2.05) is 0 Å². The summed E-state index contributed by atoms with van der Waals surface area (Å²) in [6.45, 7) is 6.86. The third-order valence-corrected chi connectivity index (χ3v) is 6.92. The average molecular weight is 397 g/mol. The van der Waals surface area contributed by atoms with Gasteiger partial charge < -0.3 is 0 Å². The molecule has 4 rings (SSSR count). The Morgan fingerprint density at radius 3 is 2.27 bits per heavy atom. The number of hydrogen-bond acceptors (Lipinski definition) is 0. The molecule has 1 aliphatic rings. The molecule has 0 fully saturated rings. The van der Waals surface area contributed by atoms with Gasteiger partial charge in [-0.15, -0.1) is 0 Å². The fourth-order valence-electron chi connectivity index (χ4n) is 5.16. The Kier molecular flexibility index (Phi) is 6.72. The van der Waals surface area contributed by atoms with Gasteiger partial charge in [0.1, 0.15) is 0 Å². The molecule has 1 unspecified atom stereocenters. The maximum absolute atomic E-state index is 2.52. The molecule has 1 atom stereocenters. The Morgan fingerprint density at radius 1 is 0.700 bits per heavy atom. The summed E-state index contributed by atoms with van der Waals surface area (Å²) in [7, 11) is 0. The predicted octanol–water partition coefficient (Wildman–Crippen LogP) is 8.09. The quantitative estimate of drug-likeness (QED) is 0.354. The minimum absolute atomic E-state index is 0.555. The van der Waals surface area contributed by atoms with Gasteiger partial charge in [-0.05, 0) is 89.0 Å². The molecule has 0 bridgehead atoms. The molecule has 0 saturated carbocycles. The fourth-order valence-corrected chi connectivity index (χ4v) is 5.16. The Bertz CT molecular complexity index is 995. The van der Waals surface area contributed by atoms with Crippen molar-refractivity contribution < 1.29 is 0 Å². The number of fused-ring (bicyclic) bond motifs is 3. The lowest BCUT2D eigenvalue weighted by Crippen LogP contribution is -2.09. The van der Waals surface area contributed by atoms with Crippen molar-refractivity contribution >= 4 is 0 Å². The molecule has 0 amide bonds. The van der Waals surface area contributed by atoms with Crippen LogP contribution < -0.4 is 0 Å². The van der Waals surface area contributed by atoms with E-state index in [0.29, 0.717) is 5.92 Å². The average Bonchev–Trinajstić information content (AvgIpc) is 2.95. The van der Waals surface area contributed by atoms with E-state index in [4.69, 9.17) is 0 Å². The van der Waals surface area contributed by atoms with Crippen molar-refractivity contribution in [2.75, 3.05) is 0 Å². The lowest BCUT2D eigenvalue weighted by molar-refractivity contribution is 0.677. The van der Waals surface area contributed by atoms with E-state index in [0.717, 1.165) is 25.7 Å². The highest BCUT2D eigenvalue weighted by Crippen LogP contribution is 2.39. The summed E-state index contributed by atoms with van der Waals surface area (Å²) >= 11 is 0. The first-order valence-electron chi connectivity index (χ1n) is 12.0. The van der Waals surface area contributed by atoms with Crippen LogP contribution in [0.3, 0.4) is 0 Å². The second-order valence-electron chi connectivity index (χ2n) is 8.95. The van der Waals surface area contributed by atoms with Crippen LogP contribution in [-0.2, 0) is 32.1 Å². The minimum Gasteiger partial charge on any atom is -0.0654 e. The van der Waals surface area contributed by atoms with Crippen molar-refractivity contribution in [1.29, 1.82) is 0 Å². The van der Waals surface area contributed by atoms with Crippen LogP contribution >= 0.6 is 0 Å². The van der Waals surface area contributed by atoms with E-state index in [1.165, 1.54) is 59.1 Å². The van der Waals surface area contributed by atoms with Crippen molar-refractivity contribution in [3.63, 3.8) is 0 Å². The monoisotopic (exact) mass is 396 g/mol. The third-order valence-electron chi connectivity index (χ3n) is 6.92. The molecule has 0 radical (unpaired) electrons. The summed E-state index contributed by atoms with van der Waals surface area (Å²) in [4.78, 5) is 0. The van der Waals surface area contributed by atoms with Crippen LogP contribution in [0.4, 0.5) is 0 Å². The van der Waals surface area contributed by atoms with Crippen molar-refractivity contribution in [3.8, 4) is 11.1 Å². The molecule has 3 aromatic rings. The van der Waals surface area contributed by atoms with Gasteiger partial charge in [0.25, 0.3) is 0 Å². The Hall–Kier alpha value is -2.34. The van der Waals surface area contributed by atoms with Crippen molar-refractivity contribution in [3.05, 3.63) is 94.0 Å².